The maximum absolute atomic E-state index is 4.40. The number of nitrogens with one attached hydrogen (secondary N) is 1. The monoisotopic (exact) mass is 355 g/mol. The van der Waals surface area contributed by atoms with Crippen molar-refractivity contribution >= 4 is 11.4 Å². The summed E-state index contributed by atoms with van der Waals surface area (Å²) in [7, 11) is 1.78. The summed E-state index contributed by atoms with van der Waals surface area (Å²) >= 11 is 0. The van der Waals surface area contributed by atoms with E-state index in [-0.39, 0.29) is 0 Å². The molecular weight excluding hydrogens is 334 g/mol. The van der Waals surface area contributed by atoms with E-state index in [0.717, 1.165) is 22.5 Å². The fourth-order valence-electron chi connectivity index (χ4n) is 3.15. The number of aromatic nitrogens is 4. The summed E-state index contributed by atoms with van der Waals surface area (Å²) in [5, 5.41) is 16.2. The van der Waals surface area contributed by atoms with E-state index in [1.807, 2.05) is 6.07 Å². The molecule has 1 N–H and O–H groups in total. The first-order chi connectivity index (χ1) is 13.1. The molecule has 27 heavy (non-hydrogen) atoms. The summed E-state index contributed by atoms with van der Waals surface area (Å²) in [4.78, 5) is 1.48. The molecule has 3 aromatic carbocycles. The van der Waals surface area contributed by atoms with Gasteiger partial charge in [0.15, 0.2) is 0 Å². The van der Waals surface area contributed by atoms with E-state index >= 15 is 0 Å². The Bertz CT molecular complexity index is 1080. The Morgan fingerprint density at radius 2 is 1.63 bits per heavy atom. The normalized spacial score (nSPS) is 10.8. The van der Waals surface area contributed by atoms with E-state index in [1.165, 1.54) is 21.5 Å². The van der Waals surface area contributed by atoms with Crippen molar-refractivity contribution in [2.24, 2.45) is 7.05 Å². The van der Waals surface area contributed by atoms with Crippen molar-refractivity contribution in [1.29, 1.82) is 0 Å². The zero-order chi connectivity index (χ0) is 18.8. The van der Waals surface area contributed by atoms with Crippen molar-refractivity contribution in [3.8, 4) is 22.5 Å². The standard InChI is InChI=1S/C22H21N5/c1-15-12-13-20(21(16(15)2)22-24-26-27(3)25-22)23-19-11-7-10-18(14-19)17-8-5-4-6-9-17/h4-14,23H,1-3H3. The van der Waals surface area contributed by atoms with Crippen LogP contribution in [0, 0.1) is 13.8 Å². The van der Waals surface area contributed by atoms with Gasteiger partial charge in [-0.25, -0.2) is 0 Å². The van der Waals surface area contributed by atoms with Gasteiger partial charge in [0.1, 0.15) is 0 Å². The highest BCUT2D eigenvalue weighted by molar-refractivity contribution is 5.82. The fourth-order valence-corrected chi connectivity index (χ4v) is 3.15. The molecule has 4 rings (SSSR count). The van der Waals surface area contributed by atoms with Crippen molar-refractivity contribution in [1.82, 2.24) is 20.2 Å². The van der Waals surface area contributed by atoms with Gasteiger partial charge in [0, 0.05) is 16.9 Å². The lowest BCUT2D eigenvalue weighted by Gasteiger charge is -2.15. The maximum atomic E-state index is 4.40. The molecule has 0 unspecified atom stereocenters. The molecule has 1 heterocycles. The summed E-state index contributed by atoms with van der Waals surface area (Å²) in [5.74, 6) is 0.625. The molecular formula is C22H21N5. The zero-order valence-electron chi connectivity index (χ0n) is 15.6. The summed E-state index contributed by atoms with van der Waals surface area (Å²) in [6.45, 7) is 4.18. The maximum Gasteiger partial charge on any atom is 0.207 e. The Morgan fingerprint density at radius 1 is 0.852 bits per heavy atom. The molecule has 0 aliphatic heterocycles. The Hall–Kier alpha value is -3.47. The number of aryl methyl sites for hydroxylation is 2. The minimum absolute atomic E-state index is 0.625. The van der Waals surface area contributed by atoms with Gasteiger partial charge < -0.3 is 5.32 Å². The van der Waals surface area contributed by atoms with Gasteiger partial charge in [-0.1, -0.05) is 48.5 Å². The predicted octanol–water partition coefficient (Wildman–Crippen LogP) is 4.90. The molecule has 0 saturated heterocycles. The minimum atomic E-state index is 0.625. The van der Waals surface area contributed by atoms with Crippen molar-refractivity contribution < 1.29 is 0 Å². The lowest BCUT2D eigenvalue weighted by atomic mass is 10.00. The van der Waals surface area contributed by atoms with E-state index < -0.39 is 0 Å². The second kappa shape index (κ2) is 7.03. The van der Waals surface area contributed by atoms with Crippen LogP contribution >= 0.6 is 0 Å². The second-order valence-electron chi connectivity index (χ2n) is 6.60. The highest BCUT2D eigenvalue weighted by atomic mass is 15.6. The Labute approximate surface area is 158 Å². The quantitative estimate of drug-likeness (QED) is 0.565. The van der Waals surface area contributed by atoms with E-state index in [1.54, 1.807) is 7.05 Å². The van der Waals surface area contributed by atoms with Crippen molar-refractivity contribution in [3.63, 3.8) is 0 Å². The molecule has 0 bridgehead atoms. The van der Waals surface area contributed by atoms with Crippen LogP contribution in [0.2, 0.25) is 0 Å². The molecule has 0 saturated carbocycles. The van der Waals surface area contributed by atoms with Crippen LogP contribution in [0.25, 0.3) is 22.5 Å². The smallest absolute Gasteiger partial charge is 0.207 e. The molecule has 0 atom stereocenters. The molecule has 0 radical (unpaired) electrons. The number of benzene rings is 3. The third-order valence-corrected chi connectivity index (χ3v) is 4.72. The first-order valence-corrected chi connectivity index (χ1v) is 8.89. The van der Waals surface area contributed by atoms with Gasteiger partial charge >= 0.3 is 0 Å². The molecule has 5 nitrogen and oxygen atoms in total. The van der Waals surface area contributed by atoms with Crippen LogP contribution in [0.1, 0.15) is 11.1 Å². The summed E-state index contributed by atoms with van der Waals surface area (Å²) in [5.41, 5.74) is 7.67. The Morgan fingerprint density at radius 3 is 2.37 bits per heavy atom. The summed E-state index contributed by atoms with van der Waals surface area (Å²) in [6.07, 6.45) is 0. The third-order valence-electron chi connectivity index (χ3n) is 4.72. The van der Waals surface area contributed by atoms with Gasteiger partial charge in [-0.05, 0) is 59.5 Å². The molecule has 4 aromatic rings. The van der Waals surface area contributed by atoms with E-state index in [4.69, 9.17) is 0 Å². The van der Waals surface area contributed by atoms with Gasteiger partial charge in [0.2, 0.25) is 5.82 Å². The largest absolute Gasteiger partial charge is 0.355 e. The first-order valence-electron chi connectivity index (χ1n) is 8.89. The van der Waals surface area contributed by atoms with E-state index in [0.29, 0.717) is 5.82 Å². The first kappa shape index (κ1) is 17.0. The number of anilines is 2. The van der Waals surface area contributed by atoms with Crippen LogP contribution in [0.5, 0.6) is 0 Å². The second-order valence-corrected chi connectivity index (χ2v) is 6.60. The van der Waals surface area contributed by atoms with E-state index in [2.05, 4.69) is 95.2 Å². The average Bonchev–Trinajstić information content (AvgIpc) is 3.12. The van der Waals surface area contributed by atoms with Gasteiger partial charge in [0.25, 0.3) is 0 Å². The third kappa shape index (κ3) is 3.44. The number of tetrazole rings is 1. The van der Waals surface area contributed by atoms with E-state index in [9.17, 15) is 0 Å². The molecule has 0 aliphatic rings. The van der Waals surface area contributed by atoms with Crippen LogP contribution in [0.4, 0.5) is 11.4 Å². The number of nitrogens with zero attached hydrogens (tertiary/aromatic N) is 4. The molecule has 0 amide bonds. The molecule has 0 aliphatic carbocycles. The highest BCUT2D eigenvalue weighted by Gasteiger charge is 2.15. The average molecular weight is 355 g/mol. The predicted molar refractivity (Wildman–Crippen MR) is 109 cm³/mol. The molecule has 134 valence electrons. The van der Waals surface area contributed by atoms with Crippen molar-refractivity contribution in [2.45, 2.75) is 13.8 Å². The van der Waals surface area contributed by atoms with Gasteiger partial charge in [-0.15, -0.1) is 10.2 Å². The number of rotatable bonds is 4. The van der Waals surface area contributed by atoms with Crippen molar-refractivity contribution in [3.05, 3.63) is 77.9 Å². The van der Waals surface area contributed by atoms with Crippen LogP contribution in [-0.2, 0) is 7.05 Å². The minimum Gasteiger partial charge on any atom is -0.355 e. The van der Waals surface area contributed by atoms with Gasteiger partial charge in [0.05, 0.1) is 7.05 Å². The van der Waals surface area contributed by atoms with Crippen LogP contribution in [0.15, 0.2) is 66.7 Å². The summed E-state index contributed by atoms with van der Waals surface area (Å²) < 4.78 is 0. The lowest BCUT2D eigenvalue weighted by Crippen LogP contribution is -1.99. The molecule has 1 aromatic heterocycles. The SMILES string of the molecule is Cc1ccc(Nc2cccc(-c3ccccc3)c2)c(-c2nnn(C)n2)c1C. The Balaban J connectivity index is 1.75. The molecule has 0 fully saturated rings. The lowest BCUT2D eigenvalue weighted by molar-refractivity contribution is 0.630. The molecule has 0 spiro atoms. The van der Waals surface area contributed by atoms with Gasteiger partial charge in [-0.2, -0.15) is 4.80 Å². The summed E-state index contributed by atoms with van der Waals surface area (Å²) in [6, 6.07) is 22.9. The highest BCUT2D eigenvalue weighted by Crippen LogP contribution is 2.33. The van der Waals surface area contributed by atoms with Crippen LogP contribution in [0.3, 0.4) is 0 Å². The topological polar surface area (TPSA) is 55.6 Å². The van der Waals surface area contributed by atoms with Crippen LogP contribution < -0.4 is 5.32 Å². The van der Waals surface area contributed by atoms with Crippen LogP contribution in [-0.4, -0.2) is 20.2 Å². The van der Waals surface area contributed by atoms with Crippen molar-refractivity contribution in [2.75, 3.05) is 5.32 Å². The van der Waals surface area contributed by atoms with Gasteiger partial charge in [-0.3, -0.25) is 0 Å². The molecule has 5 heteroatoms. The zero-order valence-corrected chi connectivity index (χ0v) is 15.6. The fraction of sp³-hybridized carbons (Fsp3) is 0.136. The number of hydrogen-bond donors (Lipinski definition) is 1. The Kier molecular flexibility index (Phi) is 4.42. The number of hydrogen-bond acceptors (Lipinski definition) is 4.